The Kier molecular flexibility index (Phi) is 3.68. The number of nitrogens with zero attached hydrogens (tertiary/aromatic N) is 1. The van der Waals surface area contributed by atoms with Crippen molar-refractivity contribution in [1.29, 1.82) is 0 Å². The molecule has 0 saturated heterocycles. The maximum absolute atomic E-state index is 11.1. The van der Waals surface area contributed by atoms with Gasteiger partial charge in [0, 0.05) is 5.56 Å². The second-order valence-corrected chi connectivity index (χ2v) is 5.43. The van der Waals surface area contributed by atoms with E-state index in [0.29, 0.717) is 17.1 Å². The Hall–Kier alpha value is -2.45. The number of rotatable bonds is 4. The SMILES string of the molecule is NS(=O)(=O)c1ccc(-c2ccc(C=C[N+](=O)[O-])o2)cc1. The van der Waals surface area contributed by atoms with E-state index in [0.717, 1.165) is 6.20 Å². The van der Waals surface area contributed by atoms with Gasteiger partial charge in [-0.25, -0.2) is 13.6 Å². The van der Waals surface area contributed by atoms with Crippen LogP contribution in [0.2, 0.25) is 0 Å². The zero-order valence-corrected chi connectivity index (χ0v) is 10.9. The molecule has 2 rings (SSSR count). The summed E-state index contributed by atoms with van der Waals surface area (Å²) in [7, 11) is -3.73. The summed E-state index contributed by atoms with van der Waals surface area (Å²) in [5.41, 5.74) is 0.637. The lowest BCUT2D eigenvalue weighted by Crippen LogP contribution is -2.11. The van der Waals surface area contributed by atoms with Crippen LogP contribution in [0.15, 0.2) is 51.9 Å². The summed E-state index contributed by atoms with van der Waals surface area (Å²) in [6.07, 6.45) is 1.99. The summed E-state index contributed by atoms with van der Waals surface area (Å²) in [5, 5.41) is 15.2. The lowest BCUT2D eigenvalue weighted by molar-refractivity contribution is -0.401. The predicted octanol–water partition coefficient (Wildman–Crippen LogP) is 1.84. The Morgan fingerprint density at radius 2 is 1.80 bits per heavy atom. The number of furan rings is 1. The monoisotopic (exact) mass is 294 g/mol. The second kappa shape index (κ2) is 5.27. The number of nitro groups is 1. The summed E-state index contributed by atoms with van der Waals surface area (Å²) < 4.78 is 27.6. The van der Waals surface area contributed by atoms with Crippen molar-refractivity contribution in [3.63, 3.8) is 0 Å². The maximum atomic E-state index is 11.1. The van der Waals surface area contributed by atoms with Crippen molar-refractivity contribution in [3.05, 3.63) is 58.5 Å². The van der Waals surface area contributed by atoms with Gasteiger partial charge in [-0.3, -0.25) is 10.1 Å². The van der Waals surface area contributed by atoms with Gasteiger partial charge < -0.3 is 4.42 Å². The maximum Gasteiger partial charge on any atom is 0.238 e. The van der Waals surface area contributed by atoms with Gasteiger partial charge in [-0.2, -0.15) is 0 Å². The van der Waals surface area contributed by atoms with Crippen molar-refractivity contribution in [1.82, 2.24) is 0 Å². The van der Waals surface area contributed by atoms with E-state index >= 15 is 0 Å². The average molecular weight is 294 g/mol. The molecule has 0 fully saturated rings. The Morgan fingerprint density at radius 1 is 1.15 bits per heavy atom. The third-order valence-electron chi connectivity index (χ3n) is 2.45. The van der Waals surface area contributed by atoms with Crippen LogP contribution in [0, 0.1) is 10.1 Å². The predicted molar refractivity (Wildman–Crippen MR) is 71.5 cm³/mol. The molecule has 0 amide bonds. The lowest BCUT2D eigenvalue weighted by Gasteiger charge is -1.99. The Morgan fingerprint density at radius 3 is 2.35 bits per heavy atom. The van der Waals surface area contributed by atoms with E-state index in [9.17, 15) is 18.5 Å². The van der Waals surface area contributed by atoms with Gasteiger partial charge in [0.1, 0.15) is 11.5 Å². The fourth-order valence-electron chi connectivity index (χ4n) is 1.54. The molecule has 1 heterocycles. The van der Waals surface area contributed by atoms with Crippen LogP contribution in [0.1, 0.15) is 5.76 Å². The summed E-state index contributed by atoms with van der Waals surface area (Å²) in [5.74, 6) is 0.793. The molecule has 8 heteroatoms. The molecule has 1 aromatic heterocycles. The lowest BCUT2D eigenvalue weighted by atomic mass is 10.2. The summed E-state index contributed by atoms with van der Waals surface area (Å²) >= 11 is 0. The van der Waals surface area contributed by atoms with Crippen LogP contribution in [0.4, 0.5) is 0 Å². The fourth-order valence-corrected chi connectivity index (χ4v) is 2.06. The molecule has 7 nitrogen and oxygen atoms in total. The molecule has 0 spiro atoms. The first kappa shape index (κ1) is 14.0. The molecule has 104 valence electrons. The van der Waals surface area contributed by atoms with Crippen molar-refractivity contribution in [3.8, 4) is 11.3 Å². The molecule has 2 N–H and O–H groups in total. The molecule has 0 saturated carbocycles. The van der Waals surface area contributed by atoms with Gasteiger partial charge in [0.25, 0.3) is 0 Å². The molecule has 0 aliphatic carbocycles. The third-order valence-corrected chi connectivity index (χ3v) is 3.38. The van der Waals surface area contributed by atoms with E-state index in [1.165, 1.54) is 18.2 Å². The highest BCUT2D eigenvalue weighted by Crippen LogP contribution is 2.24. The van der Waals surface area contributed by atoms with Gasteiger partial charge >= 0.3 is 0 Å². The smallest absolute Gasteiger partial charge is 0.238 e. The number of primary sulfonamides is 1. The molecule has 0 radical (unpaired) electrons. The van der Waals surface area contributed by atoms with E-state index < -0.39 is 14.9 Å². The largest absolute Gasteiger partial charge is 0.457 e. The van der Waals surface area contributed by atoms with E-state index in [2.05, 4.69) is 0 Å². The molecule has 0 unspecified atom stereocenters. The van der Waals surface area contributed by atoms with Crippen LogP contribution < -0.4 is 5.14 Å². The number of hydrogen-bond acceptors (Lipinski definition) is 5. The van der Waals surface area contributed by atoms with Crippen LogP contribution in [0.3, 0.4) is 0 Å². The van der Waals surface area contributed by atoms with E-state index in [4.69, 9.17) is 9.56 Å². The third kappa shape index (κ3) is 3.31. The van der Waals surface area contributed by atoms with Crippen molar-refractivity contribution in [2.45, 2.75) is 4.90 Å². The van der Waals surface area contributed by atoms with Gasteiger partial charge in [-0.1, -0.05) is 0 Å². The molecule has 2 aromatic rings. The van der Waals surface area contributed by atoms with Gasteiger partial charge in [-0.15, -0.1) is 0 Å². The minimum atomic E-state index is -3.73. The minimum Gasteiger partial charge on any atom is -0.457 e. The molecular formula is C12H10N2O5S. The molecule has 0 aliphatic heterocycles. The number of benzene rings is 1. The standard InChI is InChI=1S/C12H10N2O5S/c13-20(17,18)11-4-1-9(2-5-11)12-6-3-10(19-12)7-8-14(15)16/h1-8H,(H2,13,17,18). The quantitative estimate of drug-likeness (QED) is 0.682. The number of hydrogen-bond donors (Lipinski definition) is 1. The van der Waals surface area contributed by atoms with Crippen molar-refractivity contribution in [2.75, 3.05) is 0 Å². The van der Waals surface area contributed by atoms with Crippen molar-refractivity contribution in [2.24, 2.45) is 5.14 Å². The molecule has 1 aromatic carbocycles. The number of sulfonamides is 1. The molecule has 0 bridgehead atoms. The summed E-state index contributed by atoms with van der Waals surface area (Å²) in [6, 6.07) is 9.01. The highest BCUT2D eigenvalue weighted by atomic mass is 32.2. The van der Waals surface area contributed by atoms with Crippen LogP contribution in [-0.2, 0) is 10.0 Å². The topological polar surface area (TPSA) is 116 Å². The van der Waals surface area contributed by atoms with Gasteiger partial charge in [0.2, 0.25) is 16.2 Å². The molecule has 0 aliphatic rings. The van der Waals surface area contributed by atoms with Crippen LogP contribution in [0.5, 0.6) is 0 Å². The van der Waals surface area contributed by atoms with Crippen LogP contribution in [-0.4, -0.2) is 13.3 Å². The van der Waals surface area contributed by atoms with E-state index in [1.54, 1.807) is 24.3 Å². The van der Waals surface area contributed by atoms with Gasteiger partial charge in [-0.05, 0) is 36.4 Å². The Bertz CT molecular complexity index is 759. The zero-order valence-electron chi connectivity index (χ0n) is 10.1. The summed E-state index contributed by atoms with van der Waals surface area (Å²) in [6.45, 7) is 0. The Balaban J connectivity index is 2.27. The highest BCUT2D eigenvalue weighted by molar-refractivity contribution is 7.89. The van der Waals surface area contributed by atoms with Crippen molar-refractivity contribution >= 4 is 16.1 Å². The molecule has 0 atom stereocenters. The normalized spacial score (nSPS) is 11.8. The van der Waals surface area contributed by atoms with E-state index in [-0.39, 0.29) is 4.90 Å². The first-order valence-electron chi connectivity index (χ1n) is 5.41. The first-order chi connectivity index (χ1) is 9.36. The second-order valence-electron chi connectivity index (χ2n) is 3.87. The van der Waals surface area contributed by atoms with Crippen molar-refractivity contribution < 1.29 is 17.8 Å². The van der Waals surface area contributed by atoms with Gasteiger partial charge in [0.05, 0.1) is 15.9 Å². The fraction of sp³-hybridized carbons (Fsp3) is 0. The van der Waals surface area contributed by atoms with E-state index in [1.807, 2.05) is 0 Å². The summed E-state index contributed by atoms with van der Waals surface area (Å²) in [4.78, 5) is 9.60. The molecule has 20 heavy (non-hydrogen) atoms. The van der Waals surface area contributed by atoms with Crippen LogP contribution in [0.25, 0.3) is 17.4 Å². The minimum absolute atomic E-state index is 0.00118. The van der Waals surface area contributed by atoms with Crippen LogP contribution >= 0.6 is 0 Å². The first-order valence-corrected chi connectivity index (χ1v) is 6.96. The Labute approximate surface area is 114 Å². The average Bonchev–Trinajstić information content (AvgIpc) is 2.84. The number of nitrogens with two attached hydrogens (primary N) is 1. The molecular weight excluding hydrogens is 284 g/mol. The van der Waals surface area contributed by atoms with Gasteiger partial charge in [0.15, 0.2) is 0 Å². The highest BCUT2D eigenvalue weighted by Gasteiger charge is 2.09. The zero-order chi connectivity index (χ0) is 14.8.